The van der Waals surface area contributed by atoms with Crippen LogP contribution in [0.4, 0.5) is 19.0 Å². The standard InChI is InChI=1S/C14H19F3N4O3/c1-19-11(18)10(12(23)20(2)13(19)24)9(22)7-21-5-3-4-8(6-21)14(15,16)17/h8H,3-7,18H2,1-2H3/t8-/m1/s1. The number of likely N-dealkylation sites (tertiary alicyclic amines) is 1. The maximum absolute atomic E-state index is 12.8. The number of nitrogen functional groups attached to an aromatic ring is 1. The topological polar surface area (TPSA) is 90.3 Å². The van der Waals surface area contributed by atoms with Gasteiger partial charge in [-0.2, -0.15) is 13.2 Å². The molecule has 2 N–H and O–H groups in total. The lowest BCUT2D eigenvalue weighted by Crippen LogP contribution is -2.46. The van der Waals surface area contributed by atoms with Crippen LogP contribution in [0.1, 0.15) is 23.2 Å². The highest BCUT2D eigenvalue weighted by molar-refractivity contribution is 6.01. The van der Waals surface area contributed by atoms with Crippen LogP contribution in [0.5, 0.6) is 0 Å². The lowest BCUT2D eigenvalue weighted by atomic mass is 9.97. The third-order valence-electron chi connectivity index (χ3n) is 4.32. The van der Waals surface area contributed by atoms with E-state index in [1.807, 2.05) is 0 Å². The SMILES string of the molecule is Cn1c(N)c(C(=O)CN2CCC[C@@H](C(F)(F)F)C2)c(=O)n(C)c1=O. The van der Waals surface area contributed by atoms with E-state index in [1.165, 1.54) is 19.0 Å². The van der Waals surface area contributed by atoms with E-state index in [9.17, 15) is 27.6 Å². The summed E-state index contributed by atoms with van der Waals surface area (Å²) in [7, 11) is 2.52. The highest BCUT2D eigenvalue weighted by atomic mass is 19.4. The molecule has 2 heterocycles. The summed E-state index contributed by atoms with van der Waals surface area (Å²) in [6.07, 6.45) is -3.97. The fourth-order valence-corrected chi connectivity index (χ4v) is 2.87. The first-order valence-corrected chi connectivity index (χ1v) is 7.41. The Balaban J connectivity index is 2.25. The zero-order valence-corrected chi connectivity index (χ0v) is 13.4. The molecule has 0 saturated carbocycles. The Morgan fingerprint density at radius 1 is 1.25 bits per heavy atom. The van der Waals surface area contributed by atoms with Crippen molar-refractivity contribution in [1.29, 1.82) is 0 Å². The summed E-state index contributed by atoms with van der Waals surface area (Å²) >= 11 is 0. The van der Waals surface area contributed by atoms with Gasteiger partial charge in [-0.3, -0.25) is 23.6 Å². The molecule has 1 aromatic rings. The molecular weight excluding hydrogens is 329 g/mol. The van der Waals surface area contributed by atoms with Crippen LogP contribution in [0, 0.1) is 5.92 Å². The first kappa shape index (κ1) is 18.2. The second-order valence-corrected chi connectivity index (χ2v) is 6.01. The molecule has 24 heavy (non-hydrogen) atoms. The molecule has 0 amide bonds. The summed E-state index contributed by atoms with van der Waals surface area (Å²) in [6.45, 7) is -0.296. The number of nitrogens with zero attached hydrogens (tertiary/aromatic N) is 3. The number of piperidine rings is 1. The van der Waals surface area contributed by atoms with Crippen LogP contribution < -0.4 is 17.0 Å². The smallest absolute Gasteiger partial charge is 0.384 e. The molecule has 10 heteroatoms. The van der Waals surface area contributed by atoms with Crippen LogP contribution in [-0.4, -0.2) is 45.6 Å². The van der Waals surface area contributed by atoms with E-state index >= 15 is 0 Å². The maximum Gasteiger partial charge on any atom is 0.393 e. The highest BCUT2D eigenvalue weighted by Gasteiger charge is 2.42. The van der Waals surface area contributed by atoms with Gasteiger partial charge in [0.2, 0.25) is 0 Å². The Morgan fingerprint density at radius 3 is 2.46 bits per heavy atom. The first-order chi connectivity index (χ1) is 11.0. The zero-order valence-electron chi connectivity index (χ0n) is 13.4. The molecule has 134 valence electrons. The molecule has 7 nitrogen and oxygen atoms in total. The summed E-state index contributed by atoms with van der Waals surface area (Å²) < 4.78 is 40.2. The second kappa shape index (κ2) is 6.42. The van der Waals surface area contributed by atoms with Gasteiger partial charge in [-0.15, -0.1) is 0 Å². The van der Waals surface area contributed by atoms with Gasteiger partial charge in [0, 0.05) is 20.6 Å². The van der Waals surface area contributed by atoms with Crippen molar-refractivity contribution >= 4 is 11.6 Å². The number of halogens is 3. The van der Waals surface area contributed by atoms with Gasteiger partial charge in [-0.25, -0.2) is 4.79 Å². The van der Waals surface area contributed by atoms with Crippen LogP contribution in [-0.2, 0) is 14.1 Å². The number of aromatic nitrogens is 2. The molecule has 1 saturated heterocycles. The summed E-state index contributed by atoms with van der Waals surface area (Å²) in [5.74, 6) is -2.46. The maximum atomic E-state index is 12.8. The van der Waals surface area contributed by atoms with Crippen molar-refractivity contribution in [2.24, 2.45) is 20.0 Å². The Kier molecular flexibility index (Phi) is 4.88. The van der Waals surface area contributed by atoms with Crippen LogP contribution in [0.25, 0.3) is 0 Å². The van der Waals surface area contributed by atoms with Gasteiger partial charge in [-0.1, -0.05) is 0 Å². The quantitative estimate of drug-likeness (QED) is 0.784. The molecular formula is C14H19F3N4O3. The molecule has 0 bridgehead atoms. The summed E-state index contributed by atoms with van der Waals surface area (Å²) in [6, 6.07) is 0. The first-order valence-electron chi connectivity index (χ1n) is 7.41. The van der Waals surface area contributed by atoms with Gasteiger partial charge < -0.3 is 5.73 Å². The van der Waals surface area contributed by atoms with E-state index in [1.54, 1.807) is 0 Å². The monoisotopic (exact) mass is 348 g/mol. The number of carbonyl (C=O) groups excluding carboxylic acids is 1. The minimum absolute atomic E-state index is 0.0257. The number of carbonyl (C=O) groups is 1. The average molecular weight is 348 g/mol. The Hall–Kier alpha value is -2.10. The van der Waals surface area contributed by atoms with Crippen molar-refractivity contribution in [3.63, 3.8) is 0 Å². The van der Waals surface area contributed by atoms with Crippen LogP contribution >= 0.6 is 0 Å². The number of rotatable bonds is 3. The number of nitrogens with two attached hydrogens (primary N) is 1. The Bertz CT molecular complexity index is 766. The zero-order chi connectivity index (χ0) is 18.2. The number of ketones is 1. The minimum atomic E-state index is -4.31. The number of hydrogen-bond acceptors (Lipinski definition) is 5. The predicted molar refractivity (Wildman–Crippen MR) is 80.9 cm³/mol. The van der Waals surface area contributed by atoms with Crippen LogP contribution in [0.15, 0.2) is 9.59 Å². The van der Waals surface area contributed by atoms with Gasteiger partial charge in [0.15, 0.2) is 5.78 Å². The van der Waals surface area contributed by atoms with E-state index in [4.69, 9.17) is 5.73 Å². The average Bonchev–Trinajstić information content (AvgIpc) is 2.50. The van der Waals surface area contributed by atoms with E-state index in [0.29, 0.717) is 13.0 Å². The fraction of sp³-hybridized carbons (Fsp3) is 0.643. The van der Waals surface area contributed by atoms with E-state index < -0.39 is 29.1 Å². The number of anilines is 1. The molecule has 0 unspecified atom stereocenters. The molecule has 1 atom stereocenters. The third-order valence-corrected chi connectivity index (χ3v) is 4.32. The molecule has 0 radical (unpaired) electrons. The molecule has 1 aliphatic rings. The third kappa shape index (κ3) is 3.37. The second-order valence-electron chi connectivity index (χ2n) is 6.01. The molecule has 0 aromatic carbocycles. The molecule has 1 aliphatic heterocycles. The number of Topliss-reactive ketones (excluding diaryl/α,β-unsaturated/α-hetero) is 1. The largest absolute Gasteiger partial charge is 0.393 e. The minimum Gasteiger partial charge on any atom is -0.384 e. The molecule has 0 spiro atoms. The molecule has 0 aliphatic carbocycles. The summed E-state index contributed by atoms with van der Waals surface area (Å²) in [4.78, 5) is 37.6. The molecule has 2 rings (SSSR count). The fourth-order valence-electron chi connectivity index (χ4n) is 2.87. The van der Waals surface area contributed by atoms with Crippen molar-refractivity contribution in [1.82, 2.24) is 14.0 Å². The number of hydrogen-bond donors (Lipinski definition) is 1. The summed E-state index contributed by atoms with van der Waals surface area (Å²) in [5, 5.41) is 0. The predicted octanol–water partition coefficient (Wildman–Crippen LogP) is 0.123. The molecule has 1 fully saturated rings. The van der Waals surface area contributed by atoms with E-state index in [2.05, 4.69) is 0 Å². The number of alkyl halides is 3. The van der Waals surface area contributed by atoms with E-state index in [0.717, 1.165) is 9.13 Å². The van der Waals surface area contributed by atoms with Crippen molar-refractivity contribution in [3.05, 3.63) is 26.4 Å². The lowest BCUT2D eigenvalue weighted by molar-refractivity contribution is -0.186. The van der Waals surface area contributed by atoms with E-state index in [-0.39, 0.29) is 30.9 Å². The Labute approximate surface area is 135 Å². The van der Waals surface area contributed by atoms with Crippen molar-refractivity contribution in [3.8, 4) is 0 Å². The van der Waals surface area contributed by atoms with Gasteiger partial charge in [0.1, 0.15) is 11.4 Å². The molecule has 1 aromatic heterocycles. The van der Waals surface area contributed by atoms with Gasteiger partial charge in [0.05, 0.1) is 12.5 Å². The normalized spacial score (nSPS) is 19.5. The Morgan fingerprint density at radius 2 is 1.88 bits per heavy atom. The van der Waals surface area contributed by atoms with Gasteiger partial charge in [-0.05, 0) is 19.4 Å². The van der Waals surface area contributed by atoms with Crippen molar-refractivity contribution < 1.29 is 18.0 Å². The lowest BCUT2D eigenvalue weighted by Gasteiger charge is -2.33. The van der Waals surface area contributed by atoms with Crippen molar-refractivity contribution in [2.75, 3.05) is 25.4 Å². The van der Waals surface area contributed by atoms with Crippen LogP contribution in [0.3, 0.4) is 0 Å². The highest BCUT2D eigenvalue weighted by Crippen LogP contribution is 2.33. The summed E-state index contributed by atoms with van der Waals surface area (Å²) in [5.41, 5.74) is 3.80. The van der Waals surface area contributed by atoms with Crippen LogP contribution in [0.2, 0.25) is 0 Å². The van der Waals surface area contributed by atoms with Gasteiger partial charge in [0.25, 0.3) is 5.56 Å². The van der Waals surface area contributed by atoms with Gasteiger partial charge >= 0.3 is 11.9 Å². The van der Waals surface area contributed by atoms with Crippen molar-refractivity contribution in [2.45, 2.75) is 19.0 Å².